The highest BCUT2D eigenvalue weighted by Gasteiger charge is 2.33. The van der Waals surface area contributed by atoms with Gasteiger partial charge in [0, 0.05) is 19.5 Å². The minimum absolute atomic E-state index is 0.0335. The average Bonchev–Trinajstić information content (AvgIpc) is 2.69. The van der Waals surface area contributed by atoms with Crippen LogP contribution in [0.15, 0.2) is 0 Å². The van der Waals surface area contributed by atoms with Crippen molar-refractivity contribution >= 4 is 12.0 Å². The highest BCUT2D eigenvalue weighted by molar-refractivity contribution is 5.75. The quantitative estimate of drug-likeness (QED) is 0.519. The molecule has 0 aromatic carbocycles. The largest absolute Gasteiger partial charge is 0.479 e. The number of aliphatic hydroxyl groups excluding tert-OH is 2. The first-order chi connectivity index (χ1) is 8.47. The lowest BCUT2D eigenvalue weighted by Gasteiger charge is -2.25. The maximum atomic E-state index is 11.8. The van der Waals surface area contributed by atoms with Crippen LogP contribution in [0.3, 0.4) is 0 Å². The molecule has 3 atom stereocenters. The zero-order valence-electron chi connectivity index (χ0n) is 10.4. The van der Waals surface area contributed by atoms with Gasteiger partial charge in [0.2, 0.25) is 0 Å². The number of carbonyl (C=O) groups excluding carboxylic acids is 1. The summed E-state index contributed by atoms with van der Waals surface area (Å²) < 4.78 is 0. The third-order valence-corrected chi connectivity index (χ3v) is 3.31. The molecule has 1 saturated heterocycles. The molecule has 1 fully saturated rings. The van der Waals surface area contributed by atoms with Gasteiger partial charge in [0.15, 0.2) is 6.10 Å². The Kier molecular flexibility index (Phi) is 5.36. The molecule has 7 nitrogen and oxygen atoms in total. The van der Waals surface area contributed by atoms with Crippen molar-refractivity contribution in [3.63, 3.8) is 0 Å². The molecule has 3 unspecified atom stereocenters. The summed E-state index contributed by atoms with van der Waals surface area (Å²) in [6.07, 6.45) is -0.651. The van der Waals surface area contributed by atoms with E-state index in [-0.39, 0.29) is 37.6 Å². The van der Waals surface area contributed by atoms with Crippen molar-refractivity contribution in [1.82, 2.24) is 10.2 Å². The first kappa shape index (κ1) is 14.7. The number of rotatable bonds is 5. The summed E-state index contributed by atoms with van der Waals surface area (Å²) in [5.41, 5.74) is 0. The summed E-state index contributed by atoms with van der Waals surface area (Å²) >= 11 is 0. The molecule has 104 valence electrons. The third-order valence-electron chi connectivity index (χ3n) is 3.31. The predicted molar refractivity (Wildman–Crippen MR) is 63.0 cm³/mol. The number of carboxylic acid groups (broad SMARTS) is 1. The summed E-state index contributed by atoms with van der Waals surface area (Å²) in [6.45, 7) is 2.57. The van der Waals surface area contributed by atoms with Crippen LogP contribution in [0.1, 0.15) is 19.8 Å². The zero-order chi connectivity index (χ0) is 13.7. The zero-order valence-corrected chi connectivity index (χ0v) is 10.4. The minimum atomic E-state index is -1.46. The van der Waals surface area contributed by atoms with Crippen molar-refractivity contribution < 1.29 is 24.9 Å². The molecular weight excluding hydrogens is 240 g/mol. The Morgan fingerprint density at radius 3 is 2.72 bits per heavy atom. The molecule has 1 rings (SSSR count). The summed E-state index contributed by atoms with van der Waals surface area (Å²) in [5, 5.41) is 29.3. The second-order valence-electron chi connectivity index (χ2n) is 4.58. The molecule has 7 heteroatoms. The van der Waals surface area contributed by atoms with Crippen molar-refractivity contribution in [3.8, 4) is 0 Å². The van der Waals surface area contributed by atoms with Crippen LogP contribution in [0.5, 0.6) is 0 Å². The smallest absolute Gasteiger partial charge is 0.332 e. The Morgan fingerprint density at radius 2 is 2.17 bits per heavy atom. The van der Waals surface area contributed by atoms with Crippen LogP contribution >= 0.6 is 0 Å². The van der Waals surface area contributed by atoms with Crippen molar-refractivity contribution in [2.45, 2.75) is 31.9 Å². The second kappa shape index (κ2) is 6.55. The Balaban J connectivity index is 2.35. The fraction of sp³-hybridized carbons (Fsp3) is 0.818. The summed E-state index contributed by atoms with van der Waals surface area (Å²) in [4.78, 5) is 23.7. The van der Waals surface area contributed by atoms with Gasteiger partial charge in [-0.05, 0) is 12.3 Å². The molecule has 4 N–H and O–H groups in total. The topological polar surface area (TPSA) is 110 Å². The Labute approximate surface area is 105 Å². The van der Waals surface area contributed by atoms with Crippen LogP contribution < -0.4 is 5.32 Å². The molecule has 18 heavy (non-hydrogen) atoms. The maximum absolute atomic E-state index is 11.8. The Bertz CT molecular complexity index is 310. The van der Waals surface area contributed by atoms with Gasteiger partial charge in [-0.3, -0.25) is 0 Å². The van der Waals surface area contributed by atoms with E-state index in [1.165, 1.54) is 0 Å². The van der Waals surface area contributed by atoms with Crippen LogP contribution in [0, 0.1) is 5.92 Å². The van der Waals surface area contributed by atoms with Crippen molar-refractivity contribution in [2.24, 2.45) is 5.92 Å². The van der Waals surface area contributed by atoms with Crippen LogP contribution in [-0.4, -0.2) is 64.1 Å². The van der Waals surface area contributed by atoms with E-state index in [2.05, 4.69) is 5.32 Å². The molecular formula is C11H20N2O5. The summed E-state index contributed by atoms with van der Waals surface area (Å²) in [5.74, 6) is -1.04. The molecule has 0 aliphatic carbocycles. The van der Waals surface area contributed by atoms with Gasteiger partial charge in [0.1, 0.15) is 0 Å². The molecule has 0 aromatic rings. The molecule has 0 bridgehead atoms. The van der Waals surface area contributed by atoms with E-state index in [9.17, 15) is 14.7 Å². The second-order valence-corrected chi connectivity index (χ2v) is 4.58. The molecule has 0 saturated carbocycles. The fourth-order valence-electron chi connectivity index (χ4n) is 2.08. The van der Waals surface area contributed by atoms with Gasteiger partial charge in [-0.15, -0.1) is 0 Å². The van der Waals surface area contributed by atoms with E-state index in [0.29, 0.717) is 6.54 Å². The van der Waals surface area contributed by atoms with Gasteiger partial charge in [0.25, 0.3) is 0 Å². The van der Waals surface area contributed by atoms with E-state index in [1.807, 2.05) is 6.92 Å². The Morgan fingerprint density at radius 1 is 1.50 bits per heavy atom. The van der Waals surface area contributed by atoms with Crippen molar-refractivity contribution in [1.29, 1.82) is 0 Å². The molecule has 0 spiro atoms. The minimum Gasteiger partial charge on any atom is -0.479 e. The SMILES string of the molecule is CC1CCN(C(=O)NCCC(O)C(=O)O)C1CO. The average molecular weight is 260 g/mol. The number of aliphatic hydroxyl groups is 2. The standard InChI is InChI=1S/C11H20N2O5/c1-7-3-5-13(8(7)6-14)11(18)12-4-2-9(15)10(16)17/h7-9,14-15H,2-6H2,1H3,(H,12,18)(H,16,17). The van der Waals surface area contributed by atoms with Crippen molar-refractivity contribution in [2.75, 3.05) is 19.7 Å². The normalized spacial score (nSPS) is 24.9. The molecule has 1 heterocycles. The fourth-order valence-corrected chi connectivity index (χ4v) is 2.08. The number of nitrogens with zero attached hydrogens (tertiary/aromatic N) is 1. The number of aliphatic carboxylic acids is 1. The van der Waals surface area contributed by atoms with Crippen LogP contribution in [-0.2, 0) is 4.79 Å². The summed E-state index contributed by atoms with van der Waals surface area (Å²) in [7, 11) is 0. The van der Waals surface area contributed by atoms with Crippen LogP contribution in [0.2, 0.25) is 0 Å². The lowest BCUT2D eigenvalue weighted by Crippen LogP contribution is -2.46. The molecule has 0 radical (unpaired) electrons. The van der Waals surface area contributed by atoms with Crippen LogP contribution in [0.25, 0.3) is 0 Å². The van der Waals surface area contributed by atoms with Gasteiger partial charge in [-0.1, -0.05) is 6.92 Å². The number of urea groups is 1. The number of nitrogens with one attached hydrogen (secondary N) is 1. The Hall–Kier alpha value is -1.34. The van der Waals surface area contributed by atoms with Gasteiger partial charge in [-0.25, -0.2) is 9.59 Å². The highest BCUT2D eigenvalue weighted by Crippen LogP contribution is 2.23. The van der Waals surface area contributed by atoms with Gasteiger partial charge in [0.05, 0.1) is 12.6 Å². The molecule has 1 aliphatic heterocycles. The number of amides is 2. The molecule has 0 aromatic heterocycles. The molecule has 1 aliphatic rings. The predicted octanol–water partition coefficient (Wildman–Crippen LogP) is -0.766. The number of hydrogen-bond donors (Lipinski definition) is 4. The maximum Gasteiger partial charge on any atom is 0.332 e. The van der Waals surface area contributed by atoms with Gasteiger partial charge < -0.3 is 25.5 Å². The first-order valence-corrected chi connectivity index (χ1v) is 6.03. The number of likely N-dealkylation sites (tertiary alicyclic amines) is 1. The number of carbonyl (C=O) groups is 2. The highest BCUT2D eigenvalue weighted by atomic mass is 16.4. The lowest BCUT2D eigenvalue weighted by atomic mass is 10.0. The summed E-state index contributed by atoms with van der Waals surface area (Å²) in [6, 6.07) is -0.509. The monoisotopic (exact) mass is 260 g/mol. The van der Waals surface area contributed by atoms with E-state index < -0.39 is 12.1 Å². The molecule has 2 amide bonds. The number of carboxylic acids is 1. The van der Waals surface area contributed by atoms with Crippen molar-refractivity contribution in [3.05, 3.63) is 0 Å². The van der Waals surface area contributed by atoms with E-state index in [1.54, 1.807) is 4.90 Å². The third kappa shape index (κ3) is 3.58. The van der Waals surface area contributed by atoms with Gasteiger partial charge in [-0.2, -0.15) is 0 Å². The van der Waals surface area contributed by atoms with Gasteiger partial charge >= 0.3 is 12.0 Å². The van der Waals surface area contributed by atoms with E-state index in [0.717, 1.165) is 6.42 Å². The first-order valence-electron chi connectivity index (χ1n) is 6.03. The van der Waals surface area contributed by atoms with E-state index in [4.69, 9.17) is 10.2 Å². The lowest BCUT2D eigenvalue weighted by molar-refractivity contribution is -0.146. The van der Waals surface area contributed by atoms with E-state index >= 15 is 0 Å². The van der Waals surface area contributed by atoms with Crippen LogP contribution in [0.4, 0.5) is 4.79 Å². The number of hydrogen-bond acceptors (Lipinski definition) is 4.